The van der Waals surface area contributed by atoms with Gasteiger partial charge in [-0.05, 0) is 27.2 Å². The lowest BCUT2D eigenvalue weighted by Crippen LogP contribution is -2.14. The number of carbonyl (C=O) groups excluding carboxylic acids is 1. The summed E-state index contributed by atoms with van der Waals surface area (Å²) in [5, 5.41) is 2.83. The molecule has 5 heteroatoms. The normalized spacial score (nSPS) is 10.1. The quantitative estimate of drug-likeness (QED) is 0.853. The highest BCUT2D eigenvalue weighted by Gasteiger charge is 2.11. The SMILES string of the molecule is CCCC(=O)Nc1c(C)nc(OCC)nc1C. The van der Waals surface area contributed by atoms with Crippen molar-refractivity contribution in [2.45, 2.75) is 40.5 Å². The Morgan fingerprint density at radius 2 is 1.82 bits per heavy atom. The molecule has 0 spiro atoms. The summed E-state index contributed by atoms with van der Waals surface area (Å²) in [6.07, 6.45) is 1.33. The fourth-order valence-corrected chi connectivity index (χ4v) is 1.49. The van der Waals surface area contributed by atoms with Gasteiger partial charge in [-0.2, -0.15) is 9.97 Å². The molecular weight excluding hydrogens is 218 g/mol. The lowest BCUT2D eigenvalue weighted by Gasteiger charge is -2.11. The Hall–Kier alpha value is -1.65. The highest BCUT2D eigenvalue weighted by atomic mass is 16.5. The van der Waals surface area contributed by atoms with Gasteiger partial charge in [0, 0.05) is 6.42 Å². The number of aromatic nitrogens is 2. The zero-order valence-corrected chi connectivity index (χ0v) is 10.8. The molecule has 5 nitrogen and oxygen atoms in total. The van der Waals surface area contributed by atoms with Crippen LogP contribution >= 0.6 is 0 Å². The van der Waals surface area contributed by atoms with Crippen LogP contribution < -0.4 is 10.1 Å². The summed E-state index contributed by atoms with van der Waals surface area (Å²) in [5.41, 5.74) is 2.14. The number of nitrogens with one attached hydrogen (secondary N) is 1. The Bertz CT molecular complexity index is 382. The van der Waals surface area contributed by atoms with E-state index in [1.165, 1.54) is 0 Å². The zero-order chi connectivity index (χ0) is 12.8. The Labute approximate surface area is 102 Å². The Balaban J connectivity index is 2.89. The van der Waals surface area contributed by atoms with Crippen LogP contribution in [-0.4, -0.2) is 22.5 Å². The first-order valence-electron chi connectivity index (χ1n) is 5.86. The summed E-state index contributed by atoms with van der Waals surface area (Å²) < 4.78 is 5.24. The maximum Gasteiger partial charge on any atom is 0.316 e. The van der Waals surface area contributed by atoms with Gasteiger partial charge in [0.1, 0.15) is 0 Å². The van der Waals surface area contributed by atoms with Crippen LogP contribution in [0.4, 0.5) is 5.69 Å². The predicted molar refractivity (Wildman–Crippen MR) is 66.2 cm³/mol. The third-order valence-electron chi connectivity index (χ3n) is 2.27. The summed E-state index contributed by atoms with van der Waals surface area (Å²) in [7, 11) is 0. The maximum absolute atomic E-state index is 11.5. The van der Waals surface area contributed by atoms with Gasteiger partial charge in [0.2, 0.25) is 5.91 Å². The average molecular weight is 237 g/mol. The molecule has 0 aliphatic heterocycles. The molecule has 94 valence electrons. The molecule has 1 heterocycles. The number of aryl methyl sites for hydroxylation is 2. The number of hydrogen-bond acceptors (Lipinski definition) is 4. The van der Waals surface area contributed by atoms with Crippen LogP contribution in [-0.2, 0) is 4.79 Å². The van der Waals surface area contributed by atoms with E-state index in [0.29, 0.717) is 24.7 Å². The van der Waals surface area contributed by atoms with Crippen LogP contribution in [0, 0.1) is 13.8 Å². The van der Waals surface area contributed by atoms with E-state index in [2.05, 4.69) is 15.3 Å². The largest absolute Gasteiger partial charge is 0.464 e. The van der Waals surface area contributed by atoms with Crippen molar-refractivity contribution in [2.75, 3.05) is 11.9 Å². The molecule has 1 rings (SSSR count). The van der Waals surface area contributed by atoms with Crippen molar-refractivity contribution in [3.05, 3.63) is 11.4 Å². The molecule has 1 N–H and O–H groups in total. The van der Waals surface area contributed by atoms with Crippen molar-refractivity contribution in [1.82, 2.24) is 9.97 Å². The Kier molecular flexibility index (Phi) is 4.87. The molecular formula is C12H19N3O2. The molecule has 0 saturated heterocycles. The van der Waals surface area contributed by atoms with E-state index in [-0.39, 0.29) is 5.91 Å². The topological polar surface area (TPSA) is 64.1 Å². The number of hydrogen-bond donors (Lipinski definition) is 1. The zero-order valence-electron chi connectivity index (χ0n) is 10.8. The molecule has 1 aromatic rings. The van der Waals surface area contributed by atoms with Crippen LogP contribution in [0.1, 0.15) is 38.1 Å². The van der Waals surface area contributed by atoms with Gasteiger partial charge in [0.05, 0.1) is 23.7 Å². The smallest absolute Gasteiger partial charge is 0.316 e. The minimum Gasteiger partial charge on any atom is -0.464 e. The molecule has 0 radical (unpaired) electrons. The lowest BCUT2D eigenvalue weighted by atomic mass is 10.2. The molecule has 0 saturated carbocycles. The minimum atomic E-state index is -0.00791. The highest BCUT2D eigenvalue weighted by molar-refractivity contribution is 5.91. The standard InChI is InChI=1S/C12H19N3O2/c1-5-7-10(16)15-11-8(3)13-12(17-6-2)14-9(11)4/h5-7H2,1-4H3,(H,15,16). The monoisotopic (exact) mass is 237 g/mol. The van der Waals surface area contributed by atoms with Gasteiger partial charge in [-0.3, -0.25) is 4.79 Å². The van der Waals surface area contributed by atoms with Crippen LogP contribution in [0.25, 0.3) is 0 Å². The highest BCUT2D eigenvalue weighted by Crippen LogP contribution is 2.19. The molecule has 1 aromatic heterocycles. The predicted octanol–water partition coefficient (Wildman–Crippen LogP) is 2.23. The van der Waals surface area contributed by atoms with Crippen molar-refractivity contribution in [1.29, 1.82) is 0 Å². The van der Waals surface area contributed by atoms with Crippen molar-refractivity contribution < 1.29 is 9.53 Å². The summed E-state index contributed by atoms with van der Waals surface area (Å²) in [6.45, 7) is 8.04. The molecule has 0 unspecified atom stereocenters. The van der Waals surface area contributed by atoms with Crippen molar-refractivity contribution in [3.63, 3.8) is 0 Å². The van der Waals surface area contributed by atoms with E-state index < -0.39 is 0 Å². The maximum atomic E-state index is 11.5. The molecule has 1 amide bonds. The second-order valence-electron chi connectivity index (χ2n) is 3.78. The van der Waals surface area contributed by atoms with Gasteiger partial charge < -0.3 is 10.1 Å². The second-order valence-corrected chi connectivity index (χ2v) is 3.78. The van der Waals surface area contributed by atoms with Gasteiger partial charge >= 0.3 is 6.01 Å². The Morgan fingerprint density at radius 3 is 2.29 bits per heavy atom. The first-order valence-corrected chi connectivity index (χ1v) is 5.86. The first-order chi connectivity index (χ1) is 8.08. The fraction of sp³-hybridized carbons (Fsp3) is 0.583. The summed E-state index contributed by atoms with van der Waals surface area (Å²) >= 11 is 0. The van der Waals surface area contributed by atoms with E-state index in [4.69, 9.17) is 4.74 Å². The molecule has 0 bridgehead atoms. The van der Waals surface area contributed by atoms with E-state index in [1.54, 1.807) is 0 Å². The third kappa shape index (κ3) is 3.69. The lowest BCUT2D eigenvalue weighted by molar-refractivity contribution is -0.116. The van der Waals surface area contributed by atoms with Gasteiger partial charge in [-0.25, -0.2) is 0 Å². The number of carbonyl (C=O) groups is 1. The fourth-order valence-electron chi connectivity index (χ4n) is 1.49. The Morgan fingerprint density at radius 1 is 1.24 bits per heavy atom. The molecule has 0 aliphatic rings. The molecule has 0 aliphatic carbocycles. The van der Waals surface area contributed by atoms with Crippen LogP contribution in [0.3, 0.4) is 0 Å². The van der Waals surface area contributed by atoms with Crippen molar-refractivity contribution >= 4 is 11.6 Å². The number of ether oxygens (including phenoxy) is 1. The van der Waals surface area contributed by atoms with E-state index >= 15 is 0 Å². The minimum absolute atomic E-state index is 0.00791. The number of anilines is 1. The van der Waals surface area contributed by atoms with Gasteiger partial charge in [0.25, 0.3) is 0 Å². The summed E-state index contributed by atoms with van der Waals surface area (Å²) in [5.74, 6) is -0.00791. The van der Waals surface area contributed by atoms with Crippen molar-refractivity contribution in [3.8, 4) is 6.01 Å². The van der Waals surface area contributed by atoms with E-state index in [9.17, 15) is 4.79 Å². The molecule has 0 fully saturated rings. The molecule has 0 atom stereocenters. The van der Waals surface area contributed by atoms with Crippen LogP contribution in [0.2, 0.25) is 0 Å². The summed E-state index contributed by atoms with van der Waals surface area (Å²) in [6, 6.07) is 0.357. The van der Waals surface area contributed by atoms with Crippen LogP contribution in [0.5, 0.6) is 6.01 Å². The summed E-state index contributed by atoms with van der Waals surface area (Å²) in [4.78, 5) is 19.9. The van der Waals surface area contributed by atoms with Crippen molar-refractivity contribution in [2.24, 2.45) is 0 Å². The van der Waals surface area contributed by atoms with Gasteiger partial charge in [-0.1, -0.05) is 6.92 Å². The molecule has 17 heavy (non-hydrogen) atoms. The average Bonchev–Trinajstić information content (AvgIpc) is 2.24. The molecule has 0 aromatic carbocycles. The van der Waals surface area contributed by atoms with E-state index in [0.717, 1.165) is 17.8 Å². The van der Waals surface area contributed by atoms with Crippen LogP contribution in [0.15, 0.2) is 0 Å². The number of rotatable bonds is 5. The van der Waals surface area contributed by atoms with Gasteiger partial charge in [-0.15, -0.1) is 0 Å². The first kappa shape index (κ1) is 13.4. The third-order valence-corrected chi connectivity index (χ3v) is 2.27. The van der Waals surface area contributed by atoms with Gasteiger partial charge in [0.15, 0.2) is 0 Å². The number of nitrogens with zero attached hydrogens (tertiary/aromatic N) is 2. The second kappa shape index (κ2) is 6.18. The van der Waals surface area contributed by atoms with E-state index in [1.807, 2.05) is 27.7 Å². The number of amides is 1.